The maximum atomic E-state index is 9.30. The van der Waals surface area contributed by atoms with Crippen LogP contribution < -0.4 is 0 Å². The van der Waals surface area contributed by atoms with Crippen molar-refractivity contribution in [3.8, 4) is 34.5 Å². The van der Waals surface area contributed by atoms with Gasteiger partial charge in [-0.1, -0.05) is 107 Å². The van der Waals surface area contributed by atoms with Crippen molar-refractivity contribution in [2.24, 2.45) is 0 Å². The number of para-hydroxylation sites is 1. The molecule has 0 atom stereocenters. The van der Waals surface area contributed by atoms with E-state index in [4.69, 9.17) is 5.11 Å². The van der Waals surface area contributed by atoms with Crippen molar-refractivity contribution in [3.05, 3.63) is 178 Å². The van der Waals surface area contributed by atoms with E-state index in [0.29, 0.717) is 11.5 Å². The Morgan fingerprint density at radius 1 is 0.327 bits per heavy atom. The number of hydrogen-bond donors (Lipinski definition) is 6. The summed E-state index contributed by atoms with van der Waals surface area (Å²) in [6, 6.07) is 40.1. The van der Waals surface area contributed by atoms with Crippen LogP contribution in [0, 0.1) is 27.7 Å². The Labute approximate surface area is 308 Å². The predicted molar refractivity (Wildman–Crippen MR) is 212 cm³/mol. The molecule has 0 aliphatic rings. The molecule has 0 fully saturated rings. The fraction of sp³-hybridized carbons (Fsp3) is 0.217. The van der Waals surface area contributed by atoms with Crippen molar-refractivity contribution in [2.75, 3.05) is 0 Å². The van der Waals surface area contributed by atoms with Crippen molar-refractivity contribution in [1.29, 1.82) is 0 Å². The molecule has 0 aliphatic heterocycles. The van der Waals surface area contributed by atoms with Crippen LogP contribution in [0.25, 0.3) is 0 Å². The molecule has 6 heteroatoms. The first-order valence-electron chi connectivity index (χ1n) is 17.1. The average molecular weight is 701 g/mol. The van der Waals surface area contributed by atoms with E-state index in [9.17, 15) is 25.5 Å². The predicted octanol–water partition coefficient (Wildman–Crippen LogP) is 10.9. The van der Waals surface area contributed by atoms with Gasteiger partial charge in [-0.05, 0) is 127 Å². The summed E-state index contributed by atoms with van der Waals surface area (Å²) < 4.78 is 0. The summed E-state index contributed by atoms with van der Waals surface area (Å²) in [5, 5.41) is 55.5. The van der Waals surface area contributed by atoms with Gasteiger partial charge in [-0.3, -0.25) is 0 Å². The van der Waals surface area contributed by atoms with Gasteiger partial charge in [0, 0.05) is 10.8 Å². The zero-order valence-corrected chi connectivity index (χ0v) is 31.4. The summed E-state index contributed by atoms with van der Waals surface area (Å²) in [6.45, 7) is 16.1. The van der Waals surface area contributed by atoms with E-state index in [1.54, 1.807) is 54.6 Å². The van der Waals surface area contributed by atoms with Crippen LogP contribution in [0.3, 0.4) is 0 Å². The maximum absolute atomic E-state index is 9.30. The summed E-state index contributed by atoms with van der Waals surface area (Å²) in [5.41, 5.74) is 8.18. The molecule has 52 heavy (non-hydrogen) atoms. The van der Waals surface area contributed by atoms with Gasteiger partial charge in [-0.2, -0.15) is 0 Å². The van der Waals surface area contributed by atoms with E-state index in [1.807, 2.05) is 107 Å². The third-order valence-corrected chi connectivity index (χ3v) is 9.37. The second-order valence-electron chi connectivity index (χ2n) is 13.9. The summed E-state index contributed by atoms with van der Waals surface area (Å²) >= 11 is 0. The van der Waals surface area contributed by atoms with Gasteiger partial charge in [0.1, 0.15) is 34.5 Å². The van der Waals surface area contributed by atoms with Gasteiger partial charge in [0.25, 0.3) is 0 Å². The molecule has 6 nitrogen and oxygen atoms in total. The van der Waals surface area contributed by atoms with Gasteiger partial charge in [0.05, 0.1) is 0 Å². The normalized spacial score (nSPS) is 10.8. The summed E-state index contributed by atoms with van der Waals surface area (Å²) in [7, 11) is 0. The van der Waals surface area contributed by atoms with Crippen LogP contribution in [0.4, 0.5) is 0 Å². The zero-order chi connectivity index (χ0) is 38.6. The fourth-order valence-corrected chi connectivity index (χ4v) is 5.39. The van der Waals surface area contributed by atoms with Crippen molar-refractivity contribution in [2.45, 2.75) is 66.2 Å². The zero-order valence-electron chi connectivity index (χ0n) is 31.4. The van der Waals surface area contributed by atoms with Gasteiger partial charge in [0.15, 0.2) is 0 Å². The summed E-state index contributed by atoms with van der Waals surface area (Å²) in [5.74, 6) is 1.89. The van der Waals surface area contributed by atoms with Crippen LogP contribution in [0.2, 0.25) is 0 Å². The van der Waals surface area contributed by atoms with E-state index >= 15 is 0 Å². The molecule has 0 spiro atoms. The van der Waals surface area contributed by atoms with Crippen molar-refractivity contribution < 1.29 is 30.6 Å². The molecule has 0 unspecified atom stereocenters. The van der Waals surface area contributed by atoms with E-state index in [0.717, 1.165) is 44.5 Å². The van der Waals surface area contributed by atoms with Gasteiger partial charge in [-0.15, -0.1) is 0 Å². The molecule has 6 aromatic rings. The van der Waals surface area contributed by atoms with E-state index in [1.165, 1.54) is 0 Å². The number of hydrogen-bond acceptors (Lipinski definition) is 6. The lowest BCUT2D eigenvalue weighted by Gasteiger charge is -2.26. The molecule has 6 rings (SSSR count). The Hall–Kier alpha value is -5.88. The molecule has 6 N–H and O–H groups in total. The SMILES string of the molecule is CC(C)(c1ccc(O)cc1)c1ccc(O)cc1.CC(C)(c1ccc(O)cc1)c1ccc(O)cc1.Cc1cccc(C)c1O.Cc1cccc(O)c1C. The van der Waals surface area contributed by atoms with Gasteiger partial charge in [0.2, 0.25) is 0 Å². The van der Waals surface area contributed by atoms with Gasteiger partial charge < -0.3 is 30.6 Å². The largest absolute Gasteiger partial charge is 0.508 e. The van der Waals surface area contributed by atoms with Crippen molar-refractivity contribution in [1.82, 2.24) is 0 Å². The van der Waals surface area contributed by atoms with Crippen LogP contribution in [0.15, 0.2) is 133 Å². The highest BCUT2D eigenvalue weighted by molar-refractivity contribution is 5.43. The molecule has 0 heterocycles. The first-order valence-corrected chi connectivity index (χ1v) is 17.1. The van der Waals surface area contributed by atoms with Crippen LogP contribution in [-0.4, -0.2) is 30.6 Å². The summed E-state index contributed by atoms with van der Waals surface area (Å²) in [4.78, 5) is 0. The quantitative estimate of drug-likeness (QED) is 0.109. The average Bonchev–Trinajstić information content (AvgIpc) is 3.11. The second kappa shape index (κ2) is 17.9. The lowest BCUT2D eigenvalue weighted by atomic mass is 9.78. The molecular weight excluding hydrogens is 649 g/mol. The minimum Gasteiger partial charge on any atom is -0.508 e. The first kappa shape index (κ1) is 40.5. The molecule has 0 aliphatic carbocycles. The Balaban J connectivity index is 0.000000195. The van der Waals surface area contributed by atoms with E-state index in [-0.39, 0.29) is 33.8 Å². The van der Waals surface area contributed by atoms with Crippen LogP contribution in [0.1, 0.15) is 72.2 Å². The Morgan fingerprint density at radius 3 is 0.808 bits per heavy atom. The lowest BCUT2D eigenvalue weighted by molar-refractivity contribution is 0.467. The number of benzene rings is 6. The summed E-state index contributed by atoms with van der Waals surface area (Å²) in [6.07, 6.45) is 0. The second-order valence-corrected chi connectivity index (χ2v) is 13.9. The number of phenolic OH excluding ortho intramolecular Hbond substituents is 6. The highest BCUT2D eigenvalue weighted by Crippen LogP contribution is 2.34. The highest BCUT2D eigenvalue weighted by Gasteiger charge is 2.23. The monoisotopic (exact) mass is 700 g/mol. The Morgan fingerprint density at radius 2 is 0.577 bits per heavy atom. The molecule has 0 saturated heterocycles. The standard InChI is InChI=1S/2C15H16O2.2C8H10O/c2*1-15(2,11-3-7-13(16)8-4-11)12-5-9-14(17)10-6-12;1-6-4-3-5-8(9)7(6)2;1-6-4-3-5-7(2)8(6)9/h2*3-10,16-17H,1-2H3;2*3-5,9H,1-2H3. The van der Waals surface area contributed by atoms with Gasteiger partial charge >= 0.3 is 0 Å². The lowest BCUT2D eigenvalue weighted by Crippen LogP contribution is -2.18. The molecule has 0 radical (unpaired) electrons. The third-order valence-electron chi connectivity index (χ3n) is 9.37. The van der Waals surface area contributed by atoms with E-state index < -0.39 is 0 Å². The molecule has 0 amide bonds. The van der Waals surface area contributed by atoms with Crippen LogP contribution >= 0.6 is 0 Å². The van der Waals surface area contributed by atoms with Crippen molar-refractivity contribution in [3.63, 3.8) is 0 Å². The molecule has 6 aromatic carbocycles. The molecule has 272 valence electrons. The minimum absolute atomic E-state index is 0.151. The van der Waals surface area contributed by atoms with Crippen molar-refractivity contribution >= 4 is 0 Å². The number of aromatic hydroxyl groups is 6. The van der Waals surface area contributed by atoms with Gasteiger partial charge in [-0.25, -0.2) is 0 Å². The van der Waals surface area contributed by atoms with Crippen LogP contribution in [-0.2, 0) is 10.8 Å². The highest BCUT2D eigenvalue weighted by atomic mass is 16.3. The first-order chi connectivity index (χ1) is 24.4. The molecule has 0 bridgehead atoms. The number of phenols is 6. The maximum Gasteiger partial charge on any atom is 0.121 e. The third kappa shape index (κ3) is 11.1. The number of aryl methyl sites for hydroxylation is 3. The Bertz CT molecular complexity index is 1710. The van der Waals surface area contributed by atoms with E-state index in [2.05, 4.69) is 27.7 Å². The Kier molecular flexibility index (Phi) is 13.9. The fourth-order valence-electron chi connectivity index (χ4n) is 5.39. The van der Waals surface area contributed by atoms with Crippen LogP contribution in [0.5, 0.6) is 34.5 Å². The molecule has 0 aromatic heterocycles. The topological polar surface area (TPSA) is 121 Å². The number of rotatable bonds is 4. The minimum atomic E-state index is -0.151. The molecular formula is C46H52O6. The molecule has 0 saturated carbocycles. The smallest absolute Gasteiger partial charge is 0.121 e.